The molecule has 0 unspecified atom stereocenters. The predicted molar refractivity (Wildman–Crippen MR) is 84.2 cm³/mol. The summed E-state index contributed by atoms with van der Waals surface area (Å²) >= 11 is 1.44. The van der Waals surface area contributed by atoms with Crippen molar-refractivity contribution in [2.75, 3.05) is 12.4 Å². The minimum absolute atomic E-state index is 0.362. The van der Waals surface area contributed by atoms with Gasteiger partial charge < -0.3 is 25.2 Å². The molecule has 0 bridgehead atoms. The summed E-state index contributed by atoms with van der Waals surface area (Å²) in [6, 6.07) is 0. The third kappa shape index (κ3) is 6.42. The third-order valence-electron chi connectivity index (χ3n) is 3.88. The molecule has 0 amide bonds. The van der Waals surface area contributed by atoms with E-state index in [1.165, 1.54) is 43.9 Å². The van der Waals surface area contributed by atoms with Gasteiger partial charge >= 0.3 is 0 Å². The van der Waals surface area contributed by atoms with Gasteiger partial charge in [-0.2, -0.15) is 0 Å². The van der Waals surface area contributed by atoms with Crippen LogP contribution in [-0.4, -0.2) is 62.6 Å². The van der Waals surface area contributed by atoms with Crippen molar-refractivity contribution in [1.82, 2.24) is 0 Å². The Morgan fingerprint density at radius 2 is 1.48 bits per heavy atom. The predicted octanol–water partition coefficient (Wildman–Crippen LogP) is 1.27. The van der Waals surface area contributed by atoms with Crippen LogP contribution >= 0.6 is 11.8 Å². The first-order chi connectivity index (χ1) is 10.1. The number of ether oxygens (including phenoxy) is 1. The van der Waals surface area contributed by atoms with E-state index < -0.39 is 29.9 Å². The molecule has 1 fully saturated rings. The molecule has 5 nitrogen and oxygen atoms in total. The largest absolute Gasteiger partial charge is 0.394 e. The highest BCUT2D eigenvalue weighted by Crippen LogP contribution is 2.29. The fourth-order valence-corrected chi connectivity index (χ4v) is 3.65. The SMILES string of the molecule is CCCCCCCCCS[C@H]1O[C@@H](CO)[C@H](O)[C@@H](O)[C@@H]1O. The van der Waals surface area contributed by atoms with Crippen molar-refractivity contribution in [2.24, 2.45) is 0 Å². The van der Waals surface area contributed by atoms with Crippen LogP contribution < -0.4 is 0 Å². The van der Waals surface area contributed by atoms with Crippen LogP contribution in [0, 0.1) is 0 Å². The Labute approximate surface area is 131 Å². The average Bonchev–Trinajstić information content (AvgIpc) is 2.49. The molecule has 0 aliphatic carbocycles. The van der Waals surface area contributed by atoms with Crippen LogP contribution in [0.5, 0.6) is 0 Å². The molecule has 0 aromatic rings. The lowest BCUT2D eigenvalue weighted by atomic mass is 10.0. The Morgan fingerprint density at radius 3 is 2.10 bits per heavy atom. The summed E-state index contributed by atoms with van der Waals surface area (Å²) in [4.78, 5) is 0. The maximum atomic E-state index is 9.88. The van der Waals surface area contributed by atoms with E-state index in [9.17, 15) is 15.3 Å². The van der Waals surface area contributed by atoms with E-state index in [4.69, 9.17) is 9.84 Å². The average molecular weight is 322 g/mol. The van der Waals surface area contributed by atoms with E-state index in [2.05, 4.69) is 6.92 Å². The van der Waals surface area contributed by atoms with Gasteiger partial charge in [-0.05, 0) is 12.2 Å². The van der Waals surface area contributed by atoms with E-state index in [1.807, 2.05) is 0 Å². The zero-order chi connectivity index (χ0) is 15.7. The van der Waals surface area contributed by atoms with Gasteiger partial charge in [-0.3, -0.25) is 0 Å². The summed E-state index contributed by atoms with van der Waals surface area (Å²) < 4.78 is 5.44. The van der Waals surface area contributed by atoms with Crippen LogP contribution in [0.25, 0.3) is 0 Å². The highest BCUT2D eigenvalue weighted by molar-refractivity contribution is 7.99. The monoisotopic (exact) mass is 322 g/mol. The van der Waals surface area contributed by atoms with Gasteiger partial charge in [0.05, 0.1) is 6.61 Å². The lowest BCUT2D eigenvalue weighted by Crippen LogP contribution is -2.57. The molecule has 1 heterocycles. The van der Waals surface area contributed by atoms with E-state index in [1.54, 1.807) is 0 Å². The van der Waals surface area contributed by atoms with Gasteiger partial charge in [0.15, 0.2) is 0 Å². The van der Waals surface area contributed by atoms with Gasteiger partial charge in [0.1, 0.15) is 29.9 Å². The molecule has 0 saturated carbocycles. The van der Waals surface area contributed by atoms with Crippen LogP contribution in [0.1, 0.15) is 51.9 Å². The van der Waals surface area contributed by atoms with Gasteiger partial charge in [-0.1, -0.05) is 45.4 Å². The molecular weight excluding hydrogens is 292 g/mol. The van der Waals surface area contributed by atoms with Crippen molar-refractivity contribution in [3.05, 3.63) is 0 Å². The number of rotatable bonds is 10. The Hall–Kier alpha value is 0.150. The van der Waals surface area contributed by atoms with Crippen LogP contribution in [-0.2, 0) is 4.74 Å². The highest BCUT2D eigenvalue weighted by Gasteiger charge is 2.43. The Balaban J connectivity index is 2.16. The zero-order valence-corrected chi connectivity index (χ0v) is 13.7. The van der Waals surface area contributed by atoms with Crippen LogP contribution in [0.3, 0.4) is 0 Å². The van der Waals surface area contributed by atoms with Crippen molar-refractivity contribution in [1.29, 1.82) is 0 Å². The van der Waals surface area contributed by atoms with Crippen LogP contribution in [0.15, 0.2) is 0 Å². The van der Waals surface area contributed by atoms with Gasteiger partial charge in [0.2, 0.25) is 0 Å². The van der Waals surface area contributed by atoms with Crippen molar-refractivity contribution in [3.8, 4) is 0 Å². The minimum atomic E-state index is -1.26. The second-order valence-electron chi connectivity index (χ2n) is 5.69. The van der Waals surface area contributed by atoms with Crippen molar-refractivity contribution in [3.63, 3.8) is 0 Å². The number of aliphatic hydroxyl groups excluding tert-OH is 4. The molecule has 4 N–H and O–H groups in total. The molecule has 6 heteroatoms. The molecule has 126 valence electrons. The van der Waals surface area contributed by atoms with Gasteiger partial charge in [0.25, 0.3) is 0 Å². The number of hydrogen-bond donors (Lipinski definition) is 4. The topological polar surface area (TPSA) is 90.2 Å². The van der Waals surface area contributed by atoms with Gasteiger partial charge in [0, 0.05) is 0 Å². The maximum absolute atomic E-state index is 9.88. The molecule has 1 rings (SSSR count). The zero-order valence-electron chi connectivity index (χ0n) is 12.9. The van der Waals surface area contributed by atoms with Crippen molar-refractivity contribution >= 4 is 11.8 Å². The summed E-state index contributed by atoms with van der Waals surface area (Å²) in [6.07, 6.45) is 4.14. The lowest BCUT2D eigenvalue weighted by molar-refractivity contribution is -0.205. The Bertz CT molecular complexity index is 264. The van der Waals surface area contributed by atoms with Crippen LogP contribution in [0.4, 0.5) is 0 Å². The van der Waals surface area contributed by atoms with Crippen LogP contribution in [0.2, 0.25) is 0 Å². The van der Waals surface area contributed by atoms with E-state index in [0.717, 1.165) is 18.6 Å². The summed E-state index contributed by atoms with van der Waals surface area (Å²) in [7, 11) is 0. The smallest absolute Gasteiger partial charge is 0.132 e. The second-order valence-corrected chi connectivity index (χ2v) is 6.90. The first-order valence-electron chi connectivity index (χ1n) is 8.04. The first-order valence-corrected chi connectivity index (χ1v) is 9.08. The minimum Gasteiger partial charge on any atom is -0.394 e. The summed E-state index contributed by atoms with van der Waals surface area (Å²) in [5.74, 6) is 0.844. The number of thioether (sulfide) groups is 1. The normalized spacial score (nSPS) is 33.3. The molecule has 21 heavy (non-hydrogen) atoms. The number of unbranched alkanes of at least 4 members (excludes halogenated alkanes) is 6. The highest BCUT2D eigenvalue weighted by atomic mass is 32.2. The Morgan fingerprint density at radius 1 is 0.857 bits per heavy atom. The molecule has 0 aromatic carbocycles. The van der Waals surface area contributed by atoms with E-state index in [-0.39, 0.29) is 6.61 Å². The standard InChI is InChI=1S/C15H30O5S/c1-2-3-4-5-6-7-8-9-21-15-14(19)13(18)12(17)11(10-16)20-15/h11-19H,2-10H2,1H3/t11-,12-,13+,14-,15+/m0/s1. The third-order valence-corrected chi connectivity index (χ3v) is 5.12. The Kier molecular flexibility index (Phi) is 9.88. The molecular formula is C15H30O5S. The first kappa shape index (κ1) is 19.2. The summed E-state index contributed by atoms with van der Waals surface area (Å²) in [5.41, 5.74) is -0.583. The molecule has 0 spiro atoms. The molecule has 0 aromatic heterocycles. The molecule has 1 aliphatic heterocycles. The van der Waals surface area contributed by atoms with Crippen molar-refractivity contribution in [2.45, 2.75) is 81.7 Å². The van der Waals surface area contributed by atoms with Gasteiger partial charge in [-0.25, -0.2) is 0 Å². The quantitative estimate of drug-likeness (QED) is 0.453. The molecule has 0 radical (unpaired) electrons. The van der Waals surface area contributed by atoms with E-state index in [0.29, 0.717) is 0 Å². The molecule has 1 aliphatic rings. The summed E-state index contributed by atoms with van der Waals surface area (Å²) in [6.45, 7) is 1.84. The fraction of sp³-hybridized carbons (Fsp3) is 1.00. The number of hydrogen-bond acceptors (Lipinski definition) is 6. The van der Waals surface area contributed by atoms with Crippen molar-refractivity contribution < 1.29 is 25.2 Å². The van der Waals surface area contributed by atoms with Gasteiger partial charge in [-0.15, -0.1) is 11.8 Å². The molecule has 5 atom stereocenters. The maximum Gasteiger partial charge on any atom is 0.132 e. The second kappa shape index (κ2) is 10.8. The fourth-order valence-electron chi connectivity index (χ4n) is 2.46. The molecule has 1 saturated heterocycles. The summed E-state index contributed by atoms with van der Waals surface area (Å²) in [5, 5.41) is 38.4. The van der Waals surface area contributed by atoms with E-state index >= 15 is 0 Å². The lowest BCUT2D eigenvalue weighted by Gasteiger charge is -2.39. The number of aliphatic hydroxyl groups is 4.